The monoisotopic (exact) mass is 281 g/mol. The average molecular weight is 281 g/mol. The van der Waals surface area contributed by atoms with Crippen molar-refractivity contribution in [1.82, 2.24) is 0 Å². The summed E-state index contributed by atoms with van der Waals surface area (Å²) in [5.41, 5.74) is 5.52. The van der Waals surface area contributed by atoms with E-state index in [1.54, 1.807) is 0 Å². The fraction of sp³-hybridized carbons (Fsp3) is 0.333. The Balaban J connectivity index is 2.57. The maximum absolute atomic E-state index is 2.66. The molecule has 2 heteroatoms. The van der Waals surface area contributed by atoms with E-state index in [4.69, 9.17) is 0 Å². The number of para-hydroxylation sites is 2. The summed E-state index contributed by atoms with van der Waals surface area (Å²) in [7, 11) is 0. The molecular formula is C18H24AlN. The third-order valence-electron chi connectivity index (χ3n) is 4.06. The van der Waals surface area contributed by atoms with Crippen LogP contribution < -0.4 is 3.88 Å². The van der Waals surface area contributed by atoms with Crippen molar-refractivity contribution in [2.75, 3.05) is 3.88 Å². The zero-order valence-electron chi connectivity index (χ0n) is 13.1. The maximum atomic E-state index is 2.66. The molecule has 0 fully saturated rings. The maximum Gasteiger partial charge on any atom is 0.418 e. The molecule has 0 unspecified atom stereocenters. The van der Waals surface area contributed by atoms with Crippen molar-refractivity contribution in [3.05, 3.63) is 59.7 Å². The lowest BCUT2D eigenvalue weighted by atomic mass is 10.1. The van der Waals surface area contributed by atoms with Crippen LogP contribution in [0.5, 0.6) is 0 Å². The molecule has 104 valence electrons. The molecule has 0 aromatic heterocycles. The van der Waals surface area contributed by atoms with Crippen molar-refractivity contribution in [2.24, 2.45) is 0 Å². The highest BCUT2D eigenvalue weighted by molar-refractivity contribution is 6.64. The van der Waals surface area contributed by atoms with Crippen molar-refractivity contribution in [3.63, 3.8) is 0 Å². The van der Waals surface area contributed by atoms with E-state index in [1.807, 2.05) is 0 Å². The first kappa shape index (κ1) is 15.2. The lowest BCUT2D eigenvalue weighted by molar-refractivity contribution is 1.20. The summed E-state index contributed by atoms with van der Waals surface area (Å²) >= 11 is -0.983. The molecule has 0 heterocycles. The van der Waals surface area contributed by atoms with Gasteiger partial charge < -0.3 is 3.88 Å². The number of hydrogen-bond acceptors (Lipinski definition) is 1. The molecule has 0 aliphatic rings. The van der Waals surface area contributed by atoms with Crippen LogP contribution in [0.1, 0.15) is 25.0 Å². The summed E-state index contributed by atoms with van der Waals surface area (Å²) in [4.78, 5) is 0. The Morgan fingerprint density at radius 1 is 0.750 bits per heavy atom. The van der Waals surface area contributed by atoms with Gasteiger partial charge in [0.25, 0.3) is 0 Å². The lowest BCUT2D eigenvalue weighted by Gasteiger charge is -2.33. The van der Waals surface area contributed by atoms with Crippen LogP contribution in [-0.4, -0.2) is 14.4 Å². The van der Waals surface area contributed by atoms with Crippen LogP contribution in [0.3, 0.4) is 0 Å². The van der Waals surface area contributed by atoms with E-state index >= 15 is 0 Å². The van der Waals surface area contributed by atoms with Gasteiger partial charge >= 0.3 is 14.4 Å². The molecule has 0 N–H and O–H groups in total. The molecule has 0 saturated carbocycles. The van der Waals surface area contributed by atoms with Crippen molar-refractivity contribution < 1.29 is 0 Å². The lowest BCUT2D eigenvalue weighted by Crippen LogP contribution is -2.35. The van der Waals surface area contributed by atoms with Crippen LogP contribution >= 0.6 is 0 Å². The van der Waals surface area contributed by atoms with Gasteiger partial charge in [-0.05, 0) is 37.1 Å². The third-order valence-corrected chi connectivity index (χ3v) is 7.23. The van der Waals surface area contributed by atoms with Crippen molar-refractivity contribution in [3.8, 4) is 0 Å². The van der Waals surface area contributed by atoms with Crippen LogP contribution in [0.25, 0.3) is 0 Å². The zero-order chi connectivity index (χ0) is 14.5. The quantitative estimate of drug-likeness (QED) is 0.657. The van der Waals surface area contributed by atoms with E-state index in [-0.39, 0.29) is 0 Å². The van der Waals surface area contributed by atoms with Crippen LogP contribution in [-0.2, 0) is 0 Å². The average Bonchev–Trinajstić information content (AvgIpc) is 2.47. The van der Waals surface area contributed by atoms with Crippen LogP contribution in [0, 0.1) is 13.8 Å². The zero-order valence-corrected chi connectivity index (χ0v) is 14.2. The van der Waals surface area contributed by atoms with Gasteiger partial charge in [0.1, 0.15) is 0 Å². The molecule has 2 aromatic rings. The molecule has 0 bridgehead atoms. The Hall–Kier alpha value is -1.23. The normalized spacial score (nSPS) is 10.4. The number of hydrogen-bond donors (Lipinski definition) is 0. The van der Waals surface area contributed by atoms with Crippen LogP contribution in [0.15, 0.2) is 48.5 Å². The molecule has 0 atom stereocenters. The van der Waals surface area contributed by atoms with Crippen molar-refractivity contribution in [2.45, 2.75) is 38.3 Å². The van der Waals surface area contributed by atoms with E-state index in [0.717, 1.165) is 0 Å². The van der Waals surface area contributed by atoms with E-state index in [0.29, 0.717) is 0 Å². The topological polar surface area (TPSA) is 3.24 Å². The minimum Gasteiger partial charge on any atom is -0.434 e. The molecular weight excluding hydrogens is 257 g/mol. The first-order chi connectivity index (χ1) is 9.69. The fourth-order valence-corrected chi connectivity index (χ4v) is 5.52. The molecule has 0 amide bonds. The van der Waals surface area contributed by atoms with Gasteiger partial charge in [0.05, 0.1) is 0 Å². The largest absolute Gasteiger partial charge is 0.434 e. The van der Waals surface area contributed by atoms with Gasteiger partial charge in [-0.1, -0.05) is 60.8 Å². The summed E-state index contributed by atoms with van der Waals surface area (Å²) in [6.45, 7) is 9.11. The highest BCUT2D eigenvalue weighted by Gasteiger charge is 2.26. The Morgan fingerprint density at radius 3 is 1.50 bits per heavy atom. The second-order valence-corrected chi connectivity index (χ2v) is 8.87. The molecule has 0 aliphatic carbocycles. The van der Waals surface area contributed by atoms with Gasteiger partial charge in [-0.3, -0.25) is 0 Å². The van der Waals surface area contributed by atoms with Gasteiger partial charge in [-0.2, -0.15) is 0 Å². The number of anilines is 2. The van der Waals surface area contributed by atoms with Gasteiger partial charge in [0.2, 0.25) is 0 Å². The van der Waals surface area contributed by atoms with Crippen molar-refractivity contribution in [1.29, 1.82) is 0 Å². The van der Waals surface area contributed by atoms with Gasteiger partial charge in [0, 0.05) is 11.4 Å². The van der Waals surface area contributed by atoms with Gasteiger partial charge in [0.15, 0.2) is 0 Å². The Kier molecular flexibility index (Phi) is 5.29. The van der Waals surface area contributed by atoms with Gasteiger partial charge in [-0.25, -0.2) is 0 Å². The Labute approximate surface area is 127 Å². The number of aryl methyl sites for hydroxylation is 2. The van der Waals surface area contributed by atoms with Crippen LogP contribution in [0.4, 0.5) is 11.4 Å². The molecule has 2 rings (SSSR count). The van der Waals surface area contributed by atoms with E-state index in [2.05, 4.69) is 80.1 Å². The summed E-state index contributed by atoms with van der Waals surface area (Å²) in [5, 5.41) is 2.58. The molecule has 0 spiro atoms. The molecule has 0 saturated heterocycles. The highest BCUT2D eigenvalue weighted by atomic mass is 27.2. The van der Waals surface area contributed by atoms with E-state index in [1.165, 1.54) is 33.1 Å². The number of rotatable bonds is 5. The first-order valence-corrected chi connectivity index (χ1v) is 9.74. The van der Waals surface area contributed by atoms with E-state index in [9.17, 15) is 0 Å². The standard InChI is InChI=1S/C14H14N.2C2H5.Al/c1-11-7-3-5-9-13(11)15-14-10-6-4-8-12(14)2;2*1-2;/h3-10H,1-2H3;2*1H2,2H3;/q-1;;;+1. The van der Waals surface area contributed by atoms with E-state index < -0.39 is 14.4 Å². The minimum atomic E-state index is -0.983. The fourth-order valence-electron chi connectivity index (χ4n) is 2.84. The summed E-state index contributed by atoms with van der Waals surface area (Å²) in [6, 6.07) is 17.6. The molecule has 0 aliphatic heterocycles. The summed E-state index contributed by atoms with van der Waals surface area (Å²) in [5.74, 6) is 0. The minimum absolute atomic E-state index is 0.983. The SMILES string of the molecule is C[CH2][Al]([CH2]C)[N](c1ccccc1C)c1ccccc1C. The third kappa shape index (κ3) is 3.09. The Morgan fingerprint density at radius 2 is 1.15 bits per heavy atom. The second-order valence-electron chi connectivity index (χ2n) is 5.41. The van der Waals surface area contributed by atoms with Crippen LogP contribution in [0.2, 0.25) is 10.6 Å². The smallest absolute Gasteiger partial charge is 0.418 e. The van der Waals surface area contributed by atoms with Crippen molar-refractivity contribution >= 4 is 25.7 Å². The molecule has 20 heavy (non-hydrogen) atoms. The number of benzene rings is 2. The first-order valence-electron chi connectivity index (χ1n) is 7.59. The molecule has 1 nitrogen and oxygen atoms in total. The second kappa shape index (κ2) is 6.98. The molecule has 0 radical (unpaired) electrons. The molecule has 2 aromatic carbocycles. The predicted octanol–water partition coefficient (Wildman–Crippen LogP) is 5.47. The number of nitrogens with zero attached hydrogens (tertiary/aromatic N) is 1. The Bertz CT molecular complexity index is 515. The highest BCUT2D eigenvalue weighted by Crippen LogP contribution is 2.33. The van der Waals surface area contributed by atoms with Gasteiger partial charge in [-0.15, -0.1) is 0 Å². The summed E-state index contributed by atoms with van der Waals surface area (Å²) in [6.07, 6.45) is 0. The summed E-state index contributed by atoms with van der Waals surface area (Å²) < 4.78 is 2.66. The predicted molar refractivity (Wildman–Crippen MR) is 91.2 cm³/mol.